The first kappa shape index (κ1) is 10.8. The van der Waals surface area contributed by atoms with Crippen LogP contribution in [0, 0.1) is 6.92 Å². The van der Waals surface area contributed by atoms with Gasteiger partial charge in [-0.15, -0.1) is 13.2 Å². The van der Waals surface area contributed by atoms with Crippen molar-refractivity contribution >= 4 is 6.08 Å². The molecule has 0 unspecified atom stereocenters. The number of likely N-dealkylation sites (N-methyl/N-ethyl adjacent to an activating group) is 1. The Labute approximate surface area is 89.9 Å². The highest BCUT2D eigenvalue weighted by Crippen LogP contribution is 2.28. The Balaban J connectivity index is 2.45. The van der Waals surface area contributed by atoms with Crippen LogP contribution in [0.3, 0.4) is 0 Å². The third kappa shape index (κ3) is 1.84. The molecule has 1 aromatic heterocycles. The summed E-state index contributed by atoms with van der Waals surface area (Å²) in [5.41, 5.74) is 0.214. The molecule has 7 heteroatoms. The summed E-state index contributed by atoms with van der Waals surface area (Å²) >= 11 is 0. The summed E-state index contributed by atoms with van der Waals surface area (Å²) < 4.78 is 41.9. The van der Waals surface area contributed by atoms with E-state index in [1.165, 1.54) is 11.6 Å². The van der Waals surface area contributed by atoms with Crippen LogP contribution in [-0.2, 0) is 0 Å². The predicted octanol–water partition coefficient (Wildman–Crippen LogP) is 1.68. The van der Waals surface area contributed by atoms with E-state index in [0.29, 0.717) is 12.4 Å². The number of ether oxygens (including phenoxy) is 1. The summed E-state index contributed by atoms with van der Waals surface area (Å²) in [7, 11) is 1.66. The molecular formula is C9H10F3N3O. The standard InChI is InChI=1S/C9H10F3N3O/c1-6-8(16-9(10,11)12)15-7(13-6)4-3-5-14(15)2/h3-4H,5H2,1-2H3. The van der Waals surface area contributed by atoms with Crippen LogP contribution in [0.1, 0.15) is 11.5 Å². The lowest BCUT2D eigenvalue weighted by molar-refractivity contribution is -0.277. The Bertz CT molecular complexity index is 436. The van der Waals surface area contributed by atoms with Crippen molar-refractivity contribution in [2.24, 2.45) is 0 Å². The van der Waals surface area contributed by atoms with Gasteiger partial charge in [-0.3, -0.25) is 0 Å². The number of aromatic nitrogens is 2. The largest absolute Gasteiger partial charge is 0.574 e. The topological polar surface area (TPSA) is 30.3 Å². The van der Waals surface area contributed by atoms with Gasteiger partial charge in [-0.25, -0.2) is 9.66 Å². The number of alkyl halides is 3. The number of fused-ring (bicyclic) bond motifs is 1. The SMILES string of the molecule is Cc1nc2n(c1OC(F)(F)F)N(C)CC=C2. The van der Waals surface area contributed by atoms with Gasteiger partial charge in [0.05, 0.1) is 6.54 Å². The average Bonchev–Trinajstić information content (AvgIpc) is 2.42. The number of nitrogens with zero attached hydrogens (tertiary/aromatic N) is 3. The number of aryl methyl sites for hydroxylation is 1. The molecule has 0 N–H and O–H groups in total. The highest BCUT2D eigenvalue weighted by molar-refractivity contribution is 5.48. The van der Waals surface area contributed by atoms with E-state index in [1.54, 1.807) is 18.1 Å². The Morgan fingerprint density at radius 3 is 2.75 bits per heavy atom. The second-order valence-electron chi connectivity index (χ2n) is 3.46. The summed E-state index contributed by atoms with van der Waals surface area (Å²) in [5, 5.41) is 1.59. The minimum absolute atomic E-state index is 0.214. The molecule has 2 heterocycles. The summed E-state index contributed by atoms with van der Waals surface area (Å²) in [5.74, 6) is 0.153. The molecule has 0 aromatic carbocycles. The lowest BCUT2D eigenvalue weighted by Crippen LogP contribution is -2.35. The van der Waals surface area contributed by atoms with E-state index >= 15 is 0 Å². The van der Waals surface area contributed by atoms with Crippen LogP contribution < -0.4 is 9.75 Å². The van der Waals surface area contributed by atoms with Gasteiger partial charge < -0.3 is 9.75 Å². The summed E-state index contributed by atoms with van der Waals surface area (Å²) in [6.45, 7) is 1.99. The molecule has 0 saturated heterocycles. The van der Waals surface area contributed by atoms with Gasteiger partial charge in [0.25, 0.3) is 0 Å². The summed E-state index contributed by atoms with van der Waals surface area (Å²) in [4.78, 5) is 4.00. The van der Waals surface area contributed by atoms with Crippen molar-refractivity contribution in [3.63, 3.8) is 0 Å². The molecule has 0 spiro atoms. The molecule has 2 rings (SSSR count). The first-order valence-electron chi connectivity index (χ1n) is 4.61. The molecule has 0 amide bonds. The molecule has 0 atom stereocenters. The third-order valence-corrected chi connectivity index (χ3v) is 2.19. The molecule has 16 heavy (non-hydrogen) atoms. The third-order valence-electron chi connectivity index (χ3n) is 2.19. The van der Waals surface area contributed by atoms with Crippen molar-refractivity contribution in [2.45, 2.75) is 13.3 Å². The van der Waals surface area contributed by atoms with Crippen molar-refractivity contribution in [1.29, 1.82) is 0 Å². The quantitative estimate of drug-likeness (QED) is 0.739. The fraction of sp³-hybridized carbons (Fsp3) is 0.444. The number of hydrogen-bond donors (Lipinski definition) is 0. The minimum Gasteiger partial charge on any atom is -0.386 e. The second-order valence-corrected chi connectivity index (χ2v) is 3.46. The van der Waals surface area contributed by atoms with Crippen molar-refractivity contribution in [2.75, 3.05) is 18.6 Å². The first-order chi connectivity index (χ1) is 7.38. The van der Waals surface area contributed by atoms with Crippen LogP contribution in [-0.4, -0.2) is 29.6 Å². The van der Waals surface area contributed by atoms with Gasteiger partial charge in [-0.1, -0.05) is 6.08 Å². The number of hydrogen-bond acceptors (Lipinski definition) is 3. The van der Waals surface area contributed by atoms with Gasteiger partial charge in [0.2, 0.25) is 5.88 Å². The molecule has 0 fully saturated rings. The maximum absolute atomic E-state index is 12.2. The lowest BCUT2D eigenvalue weighted by atomic mass is 10.4. The maximum Gasteiger partial charge on any atom is 0.574 e. The lowest BCUT2D eigenvalue weighted by Gasteiger charge is -2.25. The van der Waals surface area contributed by atoms with Crippen LogP contribution in [0.4, 0.5) is 13.2 Å². The fourth-order valence-electron chi connectivity index (χ4n) is 1.58. The number of imidazole rings is 1. The zero-order valence-electron chi connectivity index (χ0n) is 8.75. The molecule has 4 nitrogen and oxygen atoms in total. The van der Waals surface area contributed by atoms with E-state index in [-0.39, 0.29) is 11.6 Å². The van der Waals surface area contributed by atoms with Gasteiger partial charge in [-0.05, 0) is 13.0 Å². The van der Waals surface area contributed by atoms with E-state index in [1.807, 2.05) is 6.08 Å². The Morgan fingerprint density at radius 2 is 2.12 bits per heavy atom. The normalized spacial score (nSPS) is 15.2. The Morgan fingerprint density at radius 1 is 1.44 bits per heavy atom. The van der Waals surface area contributed by atoms with Crippen LogP contribution in [0.25, 0.3) is 6.08 Å². The molecule has 1 aliphatic rings. The molecule has 0 saturated carbocycles. The van der Waals surface area contributed by atoms with Crippen LogP contribution in [0.2, 0.25) is 0 Å². The zero-order valence-corrected chi connectivity index (χ0v) is 8.75. The Kier molecular flexibility index (Phi) is 2.32. The van der Waals surface area contributed by atoms with Gasteiger partial charge in [-0.2, -0.15) is 0 Å². The van der Waals surface area contributed by atoms with E-state index in [2.05, 4.69) is 9.72 Å². The van der Waals surface area contributed by atoms with Crippen LogP contribution in [0.15, 0.2) is 6.08 Å². The van der Waals surface area contributed by atoms with Crippen molar-refractivity contribution in [3.05, 3.63) is 17.6 Å². The molecule has 88 valence electrons. The zero-order chi connectivity index (χ0) is 11.9. The van der Waals surface area contributed by atoms with Gasteiger partial charge in [0.15, 0.2) is 5.82 Å². The molecule has 1 aromatic rings. The molecular weight excluding hydrogens is 223 g/mol. The molecule has 1 aliphatic heterocycles. The van der Waals surface area contributed by atoms with Gasteiger partial charge >= 0.3 is 6.36 Å². The maximum atomic E-state index is 12.2. The minimum atomic E-state index is -4.70. The smallest absolute Gasteiger partial charge is 0.386 e. The number of rotatable bonds is 1. The van der Waals surface area contributed by atoms with E-state index in [0.717, 1.165) is 0 Å². The van der Waals surface area contributed by atoms with Crippen molar-refractivity contribution in [3.8, 4) is 5.88 Å². The average molecular weight is 233 g/mol. The fourth-order valence-corrected chi connectivity index (χ4v) is 1.58. The van der Waals surface area contributed by atoms with Crippen molar-refractivity contribution < 1.29 is 17.9 Å². The molecule has 0 aliphatic carbocycles. The van der Waals surface area contributed by atoms with Gasteiger partial charge in [0, 0.05) is 7.05 Å². The van der Waals surface area contributed by atoms with E-state index < -0.39 is 6.36 Å². The second kappa shape index (κ2) is 3.43. The molecule has 0 radical (unpaired) electrons. The number of halogens is 3. The Hall–Kier alpha value is -1.66. The van der Waals surface area contributed by atoms with Crippen molar-refractivity contribution in [1.82, 2.24) is 9.66 Å². The monoisotopic (exact) mass is 233 g/mol. The van der Waals surface area contributed by atoms with Crippen LogP contribution >= 0.6 is 0 Å². The van der Waals surface area contributed by atoms with Crippen LogP contribution in [0.5, 0.6) is 5.88 Å². The summed E-state index contributed by atoms with van der Waals surface area (Å²) in [6, 6.07) is 0. The first-order valence-corrected chi connectivity index (χ1v) is 4.61. The van der Waals surface area contributed by atoms with E-state index in [4.69, 9.17) is 0 Å². The highest BCUT2D eigenvalue weighted by atomic mass is 19.4. The highest BCUT2D eigenvalue weighted by Gasteiger charge is 2.35. The van der Waals surface area contributed by atoms with E-state index in [9.17, 15) is 13.2 Å². The van der Waals surface area contributed by atoms with Gasteiger partial charge in [0.1, 0.15) is 5.69 Å². The molecule has 0 bridgehead atoms. The summed E-state index contributed by atoms with van der Waals surface area (Å²) in [6.07, 6.45) is -1.22. The predicted molar refractivity (Wildman–Crippen MR) is 51.7 cm³/mol.